The van der Waals surface area contributed by atoms with Crippen LogP contribution in [0.15, 0.2) is 4.90 Å². The van der Waals surface area contributed by atoms with Crippen LogP contribution in [0.3, 0.4) is 0 Å². The maximum Gasteiger partial charge on any atom is 0.244 e. The first-order valence-electron chi connectivity index (χ1n) is 5.18. The molecule has 0 aliphatic heterocycles. The van der Waals surface area contributed by atoms with Crippen LogP contribution in [0.5, 0.6) is 0 Å². The van der Waals surface area contributed by atoms with Crippen molar-refractivity contribution in [1.29, 1.82) is 0 Å². The van der Waals surface area contributed by atoms with Gasteiger partial charge < -0.3 is 10.5 Å². The fourth-order valence-electron chi connectivity index (χ4n) is 1.35. The van der Waals surface area contributed by atoms with Crippen molar-refractivity contribution in [2.45, 2.75) is 31.4 Å². The van der Waals surface area contributed by atoms with Gasteiger partial charge in [-0.05, 0) is 13.8 Å². The molecule has 0 fully saturated rings. The summed E-state index contributed by atoms with van der Waals surface area (Å²) in [5.41, 5.74) is 6.25. The second-order valence-electron chi connectivity index (χ2n) is 3.73. The number of ether oxygens (including phenoxy) is 1. The lowest BCUT2D eigenvalue weighted by Gasteiger charge is -2.11. The van der Waals surface area contributed by atoms with Crippen molar-refractivity contribution in [1.82, 2.24) is 14.9 Å². The van der Waals surface area contributed by atoms with Crippen LogP contribution in [-0.2, 0) is 21.3 Å². The second-order valence-corrected chi connectivity index (χ2v) is 5.43. The van der Waals surface area contributed by atoms with E-state index >= 15 is 0 Å². The van der Waals surface area contributed by atoms with Crippen molar-refractivity contribution in [2.24, 2.45) is 5.73 Å². The van der Waals surface area contributed by atoms with Gasteiger partial charge in [-0.2, -0.15) is 5.10 Å². The minimum atomic E-state index is -3.60. The van der Waals surface area contributed by atoms with E-state index in [1.165, 1.54) is 7.11 Å². The highest BCUT2D eigenvalue weighted by Crippen LogP contribution is 2.16. The van der Waals surface area contributed by atoms with E-state index in [1.807, 2.05) is 0 Å². The van der Waals surface area contributed by atoms with Crippen molar-refractivity contribution in [3.8, 4) is 0 Å². The number of H-pyrrole nitrogens is 1. The smallest absolute Gasteiger partial charge is 0.244 e. The summed E-state index contributed by atoms with van der Waals surface area (Å²) < 4.78 is 31.5. The van der Waals surface area contributed by atoms with E-state index in [2.05, 4.69) is 14.9 Å². The molecule has 1 aromatic rings. The standard InChI is InChI=1S/C9H18N4O3S/c1-6(16-3)5-11-17(14,15)9-7(2)12-13-8(9)4-10/h6,11H,4-5,10H2,1-3H3,(H,12,13). The summed E-state index contributed by atoms with van der Waals surface area (Å²) in [5, 5.41) is 6.46. The number of aromatic nitrogens is 2. The number of hydrogen-bond acceptors (Lipinski definition) is 5. The first-order valence-corrected chi connectivity index (χ1v) is 6.67. The number of aromatic amines is 1. The normalized spacial score (nSPS) is 13.9. The summed E-state index contributed by atoms with van der Waals surface area (Å²) in [6.45, 7) is 3.68. The van der Waals surface area contributed by atoms with Gasteiger partial charge in [0.15, 0.2) is 0 Å². The minimum absolute atomic E-state index is 0.0699. The van der Waals surface area contributed by atoms with Crippen LogP contribution in [0.2, 0.25) is 0 Å². The maximum atomic E-state index is 12.0. The number of sulfonamides is 1. The topological polar surface area (TPSA) is 110 Å². The molecule has 1 aromatic heterocycles. The molecule has 8 heteroatoms. The number of nitrogens with zero attached hydrogens (tertiary/aromatic N) is 1. The van der Waals surface area contributed by atoms with E-state index in [9.17, 15) is 8.42 Å². The van der Waals surface area contributed by atoms with Crippen molar-refractivity contribution >= 4 is 10.0 Å². The van der Waals surface area contributed by atoms with Crippen molar-refractivity contribution in [2.75, 3.05) is 13.7 Å². The highest BCUT2D eigenvalue weighted by Gasteiger charge is 2.23. The molecule has 1 rings (SSSR count). The summed E-state index contributed by atoms with van der Waals surface area (Å²) in [4.78, 5) is 0.128. The minimum Gasteiger partial charge on any atom is -0.380 e. The van der Waals surface area contributed by atoms with Crippen LogP contribution in [0.1, 0.15) is 18.3 Å². The SMILES string of the molecule is COC(C)CNS(=O)(=O)c1c(CN)n[nH]c1C. The van der Waals surface area contributed by atoms with Crippen LogP contribution in [-0.4, -0.2) is 38.4 Å². The molecule has 0 saturated carbocycles. The van der Waals surface area contributed by atoms with Gasteiger partial charge in [0.25, 0.3) is 0 Å². The first kappa shape index (κ1) is 14.1. The molecule has 0 spiro atoms. The van der Waals surface area contributed by atoms with Gasteiger partial charge in [-0.25, -0.2) is 13.1 Å². The molecular formula is C9H18N4O3S. The molecule has 98 valence electrons. The molecule has 0 radical (unpaired) electrons. The zero-order valence-corrected chi connectivity index (χ0v) is 11.0. The number of rotatable bonds is 6. The van der Waals surface area contributed by atoms with E-state index in [0.29, 0.717) is 11.4 Å². The van der Waals surface area contributed by atoms with Gasteiger partial charge in [-0.3, -0.25) is 5.10 Å². The summed E-state index contributed by atoms with van der Waals surface area (Å²) in [6, 6.07) is 0. The molecular weight excluding hydrogens is 244 g/mol. The predicted molar refractivity (Wildman–Crippen MR) is 62.9 cm³/mol. The van der Waals surface area contributed by atoms with Crippen LogP contribution in [0, 0.1) is 6.92 Å². The summed E-state index contributed by atoms with van der Waals surface area (Å²) >= 11 is 0. The maximum absolute atomic E-state index is 12.0. The van der Waals surface area contributed by atoms with E-state index in [0.717, 1.165) is 0 Å². The Bertz CT molecular complexity index is 469. The molecule has 1 unspecified atom stereocenters. The van der Waals surface area contributed by atoms with Gasteiger partial charge in [0, 0.05) is 20.2 Å². The summed E-state index contributed by atoms with van der Waals surface area (Å²) in [7, 11) is -2.08. The highest BCUT2D eigenvalue weighted by molar-refractivity contribution is 7.89. The molecule has 0 amide bonds. The summed E-state index contributed by atoms with van der Waals surface area (Å²) in [5.74, 6) is 0. The van der Waals surface area contributed by atoms with Crippen LogP contribution in [0.4, 0.5) is 0 Å². The third kappa shape index (κ3) is 3.25. The summed E-state index contributed by atoms with van der Waals surface area (Å²) in [6.07, 6.45) is -0.196. The Hall–Kier alpha value is -0.960. The first-order chi connectivity index (χ1) is 7.92. The van der Waals surface area contributed by atoms with Crippen molar-refractivity contribution < 1.29 is 13.2 Å². The monoisotopic (exact) mass is 262 g/mol. The lowest BCUT2D eigenvalue weighted by atomic mass is 10.4. The molecule has 0 aromatic carbocycles. The van der Waals surface area contributed by atoms with E-state index in [1.54, 1.807) is 13.8 Å². The molecule has 0 aliphatic rings. The molecule has 7 nitrogen and oxygen atoms in total. The Labute approximate surface area is 101 Å². The number of nitrogens with one attached hydrogen (secondary N) is 2. The Morgan fingerprint density at radius 3 is 2.76 bits per heavy atom. The molecule has 0 aliphatic carbocycles. The molecule has 1 heterocycles. The van der Waals surface area contributed by atoms with Crippen LogP contribution >= 0.6 is 0 Å². The average Bonchev–Trinajstić information content (AvgIpc) is 2.68. The van der Waals surface area contributed by atoms with Gasteiger partial charge in [0.05, 0.1) is 17.5 Å². The number of nitrogens with two attached hydrogens (primary N) is 1. The Morgan fingerprint density at radius 1 is 1.59 bits per heavy atom. The fourth-order valence-corrected chi connectivity index (χ4v) is 2.83. The lowest BCUT2D eigenvalue weighted by Crippen LogP contribution is -2.32. The van der Waals surface area contributed by atoms with Gasteiger partial charge in [-0.15, -0.1) is 0 Å². The molecule has 17 heavy (non-hydrogen) atoms. The quantitative estimate of drug-likeness (QED) is 0.639. The number of aryl methyl sites for hydroxylation is 1. The lowest BCUT2D eigenvalue weighted by molar-refractivity contribution is 0.122. The second kappa shape index (κ2) is 5.58. The Morgan fingerprint density at radius 2 is 2.24 bits per heavy atom. The predicted octanol–water partition coefficient (Wildman–Crippen LogP) is -0.510. The number of hydrogen-bond donors (Lipinski definition) is 3. The Balaban J connectivity index is 2.93. The Kier molecular flexibility index (Phi) is 4.63. The van der Waals surface area contributed by atoms with Crippen LogP contribution < -0.4 is 10.5 Å². The molecule has 0 bridgehead atoms. The van der Waals surface area contributed by atoms with Crippen LogP contribution in [0.25, 0.3) is 0 Å². The highest BCUT2D eigenvalue weighted by atomic mass is 32.2. The van der Waals surface area contributed by atoms with Gasteiger partial charge >= 0.3 is 0 Å². The molecule has 4 N–H and O–H groups in total. The van der Waals surface area contributed by atoms with E-state index in [4.69, 9.17) is 10.5 Å². The third-order valence-corrected chi connectivity index (χ3v) is 4.01. The van der Waals surface area contributed by atoms with E-state index < -0.39 is 10.0 Å². The molecule has 0 saturated heterocycles. The van der Waals surface area contributed by atoms with Gasteiger partial charge in [0.2, 0.25) is 10.0 Å². The zero-order chi connectivity index (χ0) is 13.1. The van der Waals surface area contributed by atoms with Gasteiger partial charge in [0.1, 0.15) is 4.90 Å². The fraction of sp³-hybridized carbons (Fsp3) is 0.667. The van der Waals surface area contributed by atoms with Gasteiger partial charge in [-0.1, -0.05) is 0 Å². The third-order valence-electron chi connectivity index (χ3n) is 2.39. The average molecular weight is 262 g/mol. The van der Waals surface area contributed by atoms with Crippen molar-refractivity contribution in [3.05, 3.63) is 11.4 Å². The van der Waals surface area contributed by atoms with E-state index in [-0.39, 0.29) is 24.1 Å². The molecule has 1 atom stereocenters. The largest absolute Gasteiger partial charge is 0.380 e. The van der Waals surface area contributed by atoms with Crippen molar-refractivity contribution in [3.63, 3.8) is 0 Å². The number of methoxy groups -OCH3 is 1. The zero-order valence-electron chi connectivity index (χ0n) is 10.1.